The monoisotopic (exact) mass is 296 g/mol. The van der Waals surface area contributed by atoms with Crippen molar-refractivity contribution in [3.8, 4) is 0 Å². The number of nitrogens with one attached hydrogen (secondary N) is 1. The van der Waals surface area contributed by atoms with Crippen LogP contribution in [-0.4, -0.2) is 4.98 Å². The molecule has 0 radical (unpaired) electrons. The Labute approximate surface area is 121 Å². The fourth-order valence-corrected chi connectivity index (χ4v) is 2.63. The van der Waals surface area contributed by atoms with Crippen molar-refractivity contribution in [3.05, 3.63) is 51.5 Å². The molecular weight excluding hydrogens is 278 g/mol. The quantitative estimate of drug-likeness (QED) is 0.922. The Morgan fingerprint density at radius 2 is 1.95 bits per heavy atom. The maximum Gasteiger partial charge on any atom is 0.130 e. The summed E-state index contributed by atoms with van der Waals surface area (Å²) in [6.45, 7) is 7.29. The Kier molecular flexibility index (Phi) is 4.50. The summed E-state index contributed by atoms with van der Waals surface area (Å²) < 4.78 is 26.2. The lowest BCUT2D eigenvalue weighted by atomic mass is 9.98. The van der Waals surface area contributed by atoms with E-state index >= 15 is 0 Å². The van der Waals surface area contributed by atoms with Crippen LogP contribution in [0.1, 0.15) is 37.0 Å². The first kappa shape index (κ1) is 15.1. The van der Waals surface area contributed by atoms with E-state index in [0.717, 1.165) is 16.8 Å². The lowest BCUT2D eigenvalue weighted by Crippen LogP contribution is -2.15. The third-order valence-electron chi connectivity index (χ3n) is 2.83. The predicted molar refractivity (Wildman–Crippen MR) is 77.7 cm³/mol. The lowest BCUT2D eigenvalue weighted by molar-refractivity contribution is 0.557. The number of nitrogens with zero attached hydrogens (tertiary/aromatic N) is 1. The molecule has 2 nitrogen and oxygen atoms in total. The summed E-state index contributed by atoms with van der Waals surface area (Å²) in [5, 5.41) is 6.22. The van der Waals surface area contributed by atoms with Crippen molar-refractivity contribution in [1.82, 2.24) is 10.3 Å². The highest BCUT2D eigenvalue weighted by molar-refractivity contribution is 7.09. The molecule has 0 atom stereocenters. The first-order chi connectivity index (χ1) is 9.36. The molecule has 0 bridgehead atoms. The Morgan fingerprint density at radius 1 is 1.20 bits per heavy atom. The average molecular weight is 296 g/mol. The maximum atomic E-state index is 13.4. The first-order valence-corrected chi connectivity index (χ1v) is 7.34. The molecule has 5 heteroatoms. The summed E-state index contributed by atoms with van der Waals surface area (Å²) in [4.78, 5) is 4.55. The lowest BCUT2D eigenvalue weighted by Gasteiger charge is -2.13. The van der Waals surface area contributed by atoms with Crippen LogP contribution in [0.3, 0.4) is 0 Å². The number of hydrogen-bond donors (Lipinski definition) is 1. The van der Waals surface area contributed by atoms with E-state index in [0.29, 0.717) is 18.7 Å². The van der Waals surface area contributed by atoms with Crippen molar-refractivity contribution in [3.63, 3.8) is 0 Å². The van der Waals surface area contributed by atoms with Gasteiger partial charge in [0.25, 0.3) is 0 Å². The van der Waals surface area contributed by atoms with Gasteiger partial charge in [0.05, 0.1) is 10.7 Å². The second-order valence-corrected chi connectivity index (χ2v) is 6.59. The highest BCUT2D eigenvalue weighted by Crippen LogP contribution is 2.25. The van der Waals surface area contributed by atoms with Crippen LogP contribution in [0.5, 0.6) is 0 Å². The van der Waals surface area contributed by atoms with E-state index in [4.69, 9.17) is 0 Å². The molecule has 0 aliphatic heterocycles. The molecular formula is C15H18F2N2S. The zero-order valence-corrected chi connectivity index (χ0v) is 12.7. The molecule has 1 aromatic heterocycles. The smallest absolute Gasteiger partial charge is 0.130 e. The molecule has 1 heterocycles. The standard InChI is InChI=1S/C15H18F2N2S/c1-15(2,3)14-19-12(9-20-14)8-18-7-10-4-5-11(16)6-13(10)17/h4-6,9,18H,7-8H2,1-3H3. The summed E-state index contributed by atoms with van der Waals surface area (Å²) in [5.74, 6) is -1.08. The minimum Gasteiger partial charge on any atom is -0.307 e. The van der Waals surface area contributed by atoms with Gasteiger partial charge in [0.1, 0.15) is 11.6 Å². The largest absolute Gasteiger partial charge is 0.307 e. The number of benzene rings is 1. The summed E-state index contributed by atoms with van der Waals surface area (Å²) >= 11 is 1.63. The molecule has 0 amide bonds. The van der Waals surface area contributed by atoms with Crippen LogP contribution < -0.4 is 5.32 Å². The van der Waals surface area contributed by atoms with Crippen molar-refractivity contribution in [2.24, 2.45) is 0 Å². The summed E-state index contributed by atoms with van der Waals surface area (Å²) in [6.07, 6.45) is 0. The summed E-state index contributed by atoms with van der Waals surface area (Å²) in [5.41, 5.74) is 1.45. The van der Waals surface area contributed by atoms with Gasteiger partial charge < -0.3 is 5.32 Å². The van der Waals surface area contributed by atoms with E-state index in [1.165, 1.54) is 12.1 Å². The van der Waals surface area contributed by atoms with E-state index in [9.17, 15) is 8.78 Å². The molecule has 1 aromatic carbocycles. The van der Waals surface area contributed by atoms with Gasteiger partial charge in [-0.05, 0) is 6.07 Å². The number of hydrogen-bond acceptors (Lipinski definition) is 3. The van der Waals surface area contributed by atoms with Crippen LogP contribution in [-0.2, 0) is 18.5 Å². The van der Waals surface area contributed by atoms with Crippen molar-refractivity contribution >= 4 is 11.3 Å². The second-order valence-electron chi connectivity index (χ2n) is 5.73. The summed E-state index contributed by atoms with van der Waals surface area (Å²) in [7, 11) is 0. The van der Waals surface area contributed by atoms with Crippen LogP contribution in [0.25, 0.3) is 0 Å². The first-order valence-electron chi connectivity index (χ1n) is 6.46. The zero-order chi connectivity index (χ0) is 14.8. The molecule has 1 N–H and O–H groups in total. The Balaban J connectivity index is 1.91. The predicted octanol–water partition coefficient (Wildman–Crippen LogP) is 4.01. The molecule has 0 saturated carbocycles. The molecule has 0 unspecified atom stereocenters. The highest BCUT2D eigenvalue weighted by Gasteiger charge is 2.17. The van der Waals surface area contributed by atoms with Crippen molar-refractivity contribution < 1.29 is 8.78 Å². The van der Waals surface area contributed by atoms with Crippen molar-refractivity contribution in [2.45, 2.75) is 39.3 Å². The number of rotatable bonds is 4. The van der Waals surface area contributed by atoms with Gasteiger partial charge in [-0.3, -0.25) is 0 Å². The molecule has 2 rings (SSSR count). The van der Waals surface area contributed by atoms with E-state index < -0.39 is 11.6 Å². The van der Waals surface area contributed by atoms with Gasteiger partial charge in [-0.25, -0.2) is 13.8 Å². The Bertz CT molecular complexity index is 588. The SMILES string of the molecule is CC(C)(C)c1nc(CNCc2ccc(F)cc2F)cs1. The third kappa shape index (κ3) is 3.84. The second kappa shape index (κ2) is 5.97. The zero-order valence-electron chi connectivity index (χ0n) is 11.8. The minimum absolute atomic E-state index is 0.0476. The third-order valence-corrected chi connectivity index (χ3v) is 4.15. The molecule has 0 spiro atoms. The highest BCUT2D eigenvalue weighted by atomic mass is 32.1. The van der Waals surface area contributed by atoms with E-state index in [1.807, 2.05) is 5.38 Å². The average Bonchev–Trinajstić information content (AvgIpc) is 2.80. The number of thiazole rings is 1. The van der Waals surface area contributed by atoms with Gasteiger partial charge in [0.15, 0.2) is 0 Å². The normalized spacial score (nSPS) is 11.8. The minimum atomic E-state index is -0.555. The van der Waals surface area contributed by atoms with E-state index in [1.54, 1.807) is 11.3 Å². The Hall–Kier alpha value is -1.33. The molecule has 0 fully saturated rings. The van der Waals surface area contributed by atoms with Gasteiger partial charge in [-0.1, -0.05) is 26.8 Å². The van der Waals surface area contributed by atoms with Crippen molar-refractivity contribution in [2.75, 3.05) is 0 Å². The molecule has 108 valence electrons. The molecule has 2 aromatic rings. The molecule has 0 aliphatic rings. The van der Waals surface area contributed by atoms with Gasteiger partial charge in [-0.15, -0.1) is 11.3 Å². The Morgan fingerprint density at radius 3 is 2.55 bits per heavy atom. The fourth-order valence-electron chi connectivity index (χ4n) is 1.72. The number of aromatic nitrogens is 1. The van der Waals surface area contributed by atoms with Gasteiger partial charge in [0.2, 0.25) is 0 Å². The maximum absolute atomic E-state index is 13.4. The van der Waals surface area contributed by atoms with E-state index in [-0.39, 0.29) is 5.41 Å². The van der Waals surface area contributed by atoms with Gasteiger partial charge >= 0.3 is 0 Å². The van der Waals surface area contributed by atoms with Gasteiger partial charge in [-0.2, -0.15) is 0 Å². The van der Waals surface area contributed by atoms with Crippen LogP contribution in [0, 0.1) is 11.6 Å². The van der Waals surface area contributed by atoms with Gasteiger partial charge in [0, 0.05) is 35.5 Å². The van der Waals surface area contributed by atoms with Crippen LogP contribution in [0.2, 0.25) is 0 Å². The summed E-state index contributed by atoms with van der Waals surface area (Å²) in [6, 6.07) is 3.62. The van der Waals surface area contributed by atoms with Crippen molar-refractivity contribution in [1.29, 1.82) is 0 Å². The van der Waals surface area contributed by atoms with Crippen LogP contribution in [0.15, 0.2) is 23.6 Å². The van der Waals surface area contributed by atoms with Crippen LogP contribution in [0.4, 0.5) is 8.78 Å². The van der Waals surface area contributed by atoms with Crippen LogP contribution >= 0.6 is 11.3 Å². The number of halogens is 2. The topological polar surface area (TPSA) is 24.9 Å². The molecule has 0 saturated heterocycles. The fraction of sp³-hybridized carbons (Fsp3) is 0.400. The van der Waals surface area contributed by atoms with E-state index in [2.05, 4.69) is 31.1 Å². The molecule has 0 aliphatic carbocycles. The molecule has 20 heavy (non-hydrogen) atoms.